The summed E-state index contributed by atoms with van der Waals surface area (Å²) < 4.78 is 34.9. The van der Waals surface area contributed by atoms with Crippen LogP contribution in [0.15, 0.2) is 17.2 Å². The normalized spacial score (nSPS) is 14.8. The molecule has 0 saturated carbocycles. The third-order valence-corrected chi connectivity index (χ3v) is 5.59. The van der Waals surface area contributed by atoms with E-state index < -0.39 is 25.8 Å². The highest BCUT2D eigenvalue weighted by molar-refractivity contribution is 8.13. The summed E-state index contributed by atoms with van der Waals surface area (Å²) in [6.45, 7) is 2.21. The Morgan fingerprint density at radius 3 is 2.60 bits per heavy atom. The Labute approximate surface area is 125 Å². The van der Waals surface area contributed by atoms with Crippen molar-refractivity contribution in [3.63, 3.8) is 0 Å². The Balaban J connectivity index is 2.69. The number of carbonyl (C=O) groups is 1. The molecule has 0 aliphatic carbocycles. The van der Waals surface area contributed by atoms with Gasteiger partial charge >= 0.3 is 0 Å². The van der Waals surface area contributed by atoms with E-state index in [1.54, 1.807) is 13.3 Å². The minimum atomic E-state index is -3.85. The zero-order chi connectivity index (χ0) is 15.5. The molecule has 20 heavy (non-hydrogen) atoms. The molecule has 0 fully saturated rings. The van der Waals surface area contributed by atoms with Crippen molar-refractivity contribution in [2.75, 3.05) is 12.8 Å². The molecule has 0 radical (unpaired) electrons. The minimum Gasteiger partial charge on any atom is -0.351 e. The first-order valence-electron chi connectivity index (χ1n) is 5.84. The van der Waals surface area contributed by atoms with Crippen LogP contribution < -0.4 is 5.32 Å². The van der Waals surface area contributed by atoms with E-state index in [4.69, 9.17) is 10.7 Å². The van der Waals surface area contributed by atoms with Gasteiger partial charge in [-0.25, -0.2) is 8.42 Å². The Bertz CT molecular complexity index is 624. The monoisotopic (exact) mass is 340 g/mol. The van der Waals surface area contributed by atoms with E-state index in [1.165, 1.54) is 16.8 Å². The van der Waals surface area contributed by atoms with Crippen molar-refractivity contribution in [1.82, 2.24) is 9.88 Å². The van der Waals surface area contributed by atoms with Gasteiger partial charge < -0.3 is 9.88 Å². The zero-order valence-corrected chi connectivity index (χ0v) is 13.8. The van der Waals surface area contributed by atoms with E-state index in [1.807, 2.05) is 6.92 Å². The molecule has 0 bridgehead atoms. The summed E-state index contributed by atoms with van der Waals surface area (Å²) in [5.74, 6) is -0.395. The molecule has 0 aliphatic heterocycles. The van der Waals surface area contributed by atoms with Gasteiger partial charge in [-0.2, -0.15) is 0 Å². The first kappa shape index (κ1) is 17.2. The molecule has 114 valence electrons. The van der Waals surface area contributed by atoms with Gasteiger partial charge in [-0.1, -0.05) is 6.92 Å². The number of nitrogens with one attached hydrogen (secondary N) is 1. The predicted octanol–water partition coefficient (Wildman–Crippen LogP) is 0.840. The van der Waals surface area contributed by atoms with E-state index in [0.29, 0.717) is 13.0 Å². The van der Waals surface area contributed by atoms with E-state index in [2.05, 4.69) is 5.32 Å². The predicted molar refractivity (Wildman–Crippen MR) is 78.9 cm³/mol. The Kier molecular flexibility index (Phi) is 5.79. The van der Waals surface area contributed by atoms with Crippen LogP contribution in [0.25, 0.3) is 0 Å². The number of rotatable bonds is 6. The van der Waals surface area contributed by atoms with Gasteiger partial charge in [0, 0.05) is 52.8 Å². The summed E-state index contributed by atoms with van der Waals surface area (Å²) in [4.78, 5) is 11.8. The second-order valence-electron chi connectivity index (χ2n) is 4.46. The van der Waals surface area contributed by atoms with Crippen LogP contribution in [0.2, 0.25) is 0 Å². The van der Waals surface area contributed by atoms with Crippen molar-refractivity contribution in [1.29, 1.82) is 0 Å². The molecule has 2 atom stereocenters. The summed E-state index contributed by atoms with van der Waals surface area (Å²) in [5, 5.41) is 2.65. The molecule has 6 nitrogen and oxygen atoms in total. The van der Waals surface area contributed by atoms with Crippen LogP contribution in [-0.4, -0.2) is 41.2 Å². The molecule has 1 rings (SSSR count). The summed E-state index contributed by atoms with van der Waals surface area (Å²) in [5.41, 5.74) is 0.203. The number of halogens is 1. The molecule has 2 unspecified atom stereocenters. The lowest BCUT2D eigenvalue weighted by atomic mass is 10.3. The van der Waals surface area contributed by atoms with Gasteiger partial charge in [-0.3, -0.25) is 9.00 Å². The van der Waals surface area contributed by atoms with Crippen molar-refractivity contribution < 1.29 is 17.4 Å². The maximum absolute atomic E-state index is 11.9. The van der Waals surface area contributed by atoms with Crippen molar-refractivity contribution >= 4 is 36.4 Å². The number of nitrogens with zero attached hydrogens (tertiary/aromatic N) is 1. The second kappa shape index (κ2) is 6.73. The maximum Gasteiger partial charge on any atom is 0.267 e. The van der Waals surface area contributed by atoms with Gasteiger partial charge in [0.2, 0.25) is 0 Å². The largest absolute Gasteiger partial charge is 0.351 e. The van der Waals surface area contributed by atoms with E-state index in [-0.39, 0.29) is 15.8 Å². The third-order valence-electron chi connectivity index (χ3n) is 2.90. The molecule has 0 saturated heterocycles. The standard InChI is InChI=1S/C11H17ClN2O4S2/c1-8(19(3)16)4-5-13-11(15)10-6-9(7-14(10)2)20(12,17)18/h6-8H,4-5H2,1-3H3,(H,13,15). The van der Waals surface area contributed by atoms with Crippen molar-refractivity contribution in [2.45, 2.75) is 23.5 Å². The Morgan fingerprint density at radius 2 is 2.15 bits per heavy atom. The highest BCUT2D eigenvalue weighted by Gasteiger charge is 2.18. The molecule has 1 amide bonds. The van der Waals surface area contributed by atoms with Crippen LogP contribution in [0.1, 0.15) is 23.8 Å². The number of aryl methyl sites for hydroxylation is 1. The molecule has 9 heteroatoms. The SMILES string of the molecule is CC(CCNC(=O)c1cc(S(=O)(=O)Cl)cn1C)S(C)=O. The number of amides is 1. The van der Waals surface area contributed by atoms with E-state index >= 15 is 0 Å². The van der Waals surface area contributed by atoms with Gasteiger partial charge in [-0.15, -0.1) is 0 Å². The molecular formula is C11H17ClN2O4S2. The lowest BCUT2D eigenvalue weighted by Gasteiger charge is -2.09. The smallest absolute Gasteiger partial charge is 0.267 e. The van der Waals surface area contributed by atoms with E-state index in [0.717, 1.165) is 0 Å². The number of carbonyl (C=O) groups excluding carboxylic acids is 1. The maximum atomic E-state index is 11.9. The van der Waals surface area contributed by atoms with Crippen LogP contribution in [0.5, 0.6) is 0 Å². The van der Waals surface area contributed by atoms with Crippen LogP contribution in [0, 0.1) is 0 Å². The van der Waals surface area contributed by atoms with Crippen molar-refractivity contribution in [3.8, 4) is 0 Å². The van der Waals surface area contributed by atoms with Crippen molar-refractivity contribution in [3.05, 3.63) is 18.0 Å². The highest BCUT2D eigenvalue weighted by atomic mass is 35.7. The van der Waals surface area contributed by atoms with Crippen LogP contribution in [0.4, 0.5) is 0 Å². The molecule has 0 aromatic carbocycles. The molecule has 1 aromatic heterocycles. The number of hydrogen-bond donors (Lipinski definition) is 1. The summed E-state index contributed by atoms with van der Waals surface area (Å²) in [7, 11) is 2.00. The molecule has 1 heterocycles. The topological polar surface area (TPSA) is 85.2 Å². The Morgan fingerprint density at radius 1 is 1.55 bits per heavy atom. The fraction of sp³-hybridized carbons (Fsp3) is 0.545. The first-order valence-corrected chi connectivity index (χ1v) is 9.77. The van der Waals surface area contributed by atoms with Crippen LogP contribution >= 0.6 is 10.7 Å². The van der Waals surface area contributed by atoms with Crippen LogP contribution in [0.3, 0.4) is 0 Å². The fourth-order valence-electron chi connectivity index (χ4n) is 1.54. The van der Waals surface area contributed by atoms with Gasteiger partial charge in [0.05, 0.1) is 0 Å². The minimum absolute atomic E-state index is 0.0116. The highest BCUT2D eigenvalue weighted by Crippen LogP contribution is 2.17. The third kappa shape index (κ3) is 4.60. The van der Waals surface area contributed by atoms with Gasteiger partial charge in [0.25, 0.3) is 15.0 Å². The van der Waals surface area contributed by atoms with E-state index in [9.17, 15) is 17.4 Å². The van der Waals surface area contributed by atoms with Gasteiger partial charge in [0.15, 0.2) is 0 Å². The second-order valence-corrected chi connectivity index (χ2v) is 8.83. The number of aromatic nitrogens is 1. The lowest BCUT2D eigenvalue weighted by molar-refractivity contribution is 0.0945. The summed E-state index contributed by atoms with van der Waals surface area (Å²) in [6, 6.07) is 1.22. The lowest BCUT2D eigenvalue weighted by Crippen LogP contribution is -2.28. The molecular weight excluding hydrogens is 324 g/mol. The van der Waals surface area contributed by atoms with Gasteiger partial charge in [0.1, 0.15) is 10.6 Å². The number of hydrogen-bond acceptors (Lipinski definition) is 4. The molecule has 1 N–H and O–H groups in total. The van der Waals surface area contributed by atoms with Crippen LogP contribution in [-0.2, 0) is 26.9 Å². The zero-order valence-electron chi connectivity index (χ0n) is 11.4. The Hall–Kier alpha value is -0.860. The summed E-state index contributed by atoms with van der Waals surface area (Å²) >= 11 is 0. The molecule has 0 aliphatic rings. The summed E-state index contributed by atoms with van der Waals surface area (Å²) in [6.07, 6.45) is 3.47. The van der Waals surface area contributed by atoms with Crippen molar-refractivity contribution in [2.24, 2.45) is 7.05 Å². The first-order chi connectivity index (χ1) is 9.12. The quantitative estimate of drug-likeness (QED) is 0.778. The fourth-order valence-corrected chi connectivity index (χ4v) is 2.78. The average Bonchev–Trinajstić information content (AvgIpc) is 2.70. The molecule has 0 spiro atoms. The van der Waals surface area contributed by atoms with Gasteiger partial charge in [-0.05, 0) is 12.5 Å². The average molecular weight is 341 g/mol. The molecule has 1 aromatic rings.